The molecular weight excluding hydrogens is 380 g/mol. The quantitative estimate of drug-likeness (QED) is 0.477. The van der Waals surface area contributed by atoms with Crippen molar-refractivity contribution in [2.45, 2.75) is 0 Å². The zero-order valence-corrected chi connectivity index (χ0v) is 15.8. The van der Waals surface area contributed by atoms with Crippen molar-refractivity contribution in [3.8, 4) is 16.9 Å². The molecule has 4 aromatic rings. The molecule has 3 aromatic carbocycles. The topological polar surface area (TPSA) is 51.2 Å². The van der Waals surface area contributed by atoms with Gasteiger partial charge in [-0.2, -0.15) is 0 Å². The summed E-state index contributed by atoms with van der Waals surface area (Å²) in [6.45, 7) is -0.0820. The molecule has 0 radical (unpaired) electrons. The van der Waals surface area contributed by atoms with Crippen molar-refractivity contribution in [2.75, 3.05) is 11.9 Å². The Bertz CT molecular complexity index is 1080. The van der Waals surface area contributed by atoms with Gasteiger partial charge in [0.25, 0.3) is 5.91 Å². The van der Waals surface area contributed by atoms with Gasteiger partial charge in [-0.3, -0.25) is 10.1 Å². The van der Waals surface area contributed by atoms with Crippen LogP contribution in [-0.2, 0) is 4.79 Å². The third-order valence-electron chi connectivity index (χ3n) is 3.93. The first-order chi connectivity index (χ1) is 13.2. The Kier molecular flexibility index (Phi) is 5.05. The summed E-state index contributed by atoms with van der Waals surface area (Å²) in [6, 6.07) is 23.2. The fourth-order valence-corrected chi connectivity index (χ4v) is 3.79. The van der Waals surface area contributed by atoms with Crippen molar-refractivity contribution in [1.29, 1.82) is 0 Å². The van der Waals surface area contributed by atoms with Crippen LogP contribution in [0.1, 0.15) is 0 Å². The standard InChI is InChI=1S/C21H15ClN2O2S/c22-16-8-11-18-19(12-16)27-21(23-18)24-20(25)13-26-17-9-6-15(7-10-17)14-4-2-1-3-5-14/h1-12H,13H2,(H,23,24,25). The van der Waals surface area contributed by atoms with Crippen molar-refractivity contribution in [3.05, 3.63) is 77.8 Å². The summed E-state index contributed by atoms with van der Waals surface area (Å²) in [4.78, 5) is 16.5. The number of amides is 1. The molecule has 0 saturated carbocycles. The van der Waals surface area contributed by atoms with Crippen molar-refractivity contribution < 1.29 is 9.53 Å². The molecule has 6 heteroatoms. The highest BCUT2D eigenvalue weighted by Crippen LogP contribution is 2.28. The van der Waals surface area contributed by atoms with Crippen LogP contribution in [0, 0.1) is 0 Å². The number of hydrogen-bond donors (Lipinski definition) is 1. The molecule has 0 spiro atoms. The van der Waals surface area contributed by atoms with Crippen molar-refractivity contribution in [1.82, 2.24) is 4.98 Å². The van der Waals surface area contributed by atoms with Crippen LogP contribution in [-0.4, -0.2) is 17.5 Å². The van der Waals surface area contributed by atoms with Gasteiger partial charge < -0.3 is 4.74 Å². The Balaban J connectivity index is 1.35. The van der Waals surface area contributed by atoms with E-state index in [4.69, 9.17) is 16.3 Å². The number of anilines is 1. The van der Waals surface area contributed by atoms with Crippen LogP contribution in [0.15, 0.2) is 72.8 Å². The Labute approximate surface area is 165 Å². The lowest BCUT2D eigenvalue weighted by atomic mass is 10.1. The highest BCUT2D eigenvalue weighted by atomic mass is 35.5. The maximum absolute atomic E-state index is 12.1. The zero-order valence-electron chi connectivity index (χ0n) is 14.2. The summed E-state index contributed by atoms with van der Waals surface area (Å²) in [5, 5.41) is 3.93. The summed E-state index contributed by atoms with van der Waals surface area (Å²) >= 11 is 7.35. The number of halogens is 1. The fraction of sp³-hybridized carbons (Fsp3) is 0.0476. The first-order valence-corrected chi connectivity index (χ1v) is 9.51. The summed E-state index contributed by atoms with van der Waals surface area (Å²) in [5.74, 6) is 0.383. The number of carbonyl (C=O) groups is 1. The minimum absolute atomic E-state index is 0.0820. The van der Waals surface area contributed by atoms with Gasteiger partial charge in [0.1, 0.15) is 5.75 Å². The third kappa shape index (κ3) is 4.27. The van der Waals surface area contributed by atoms with Crippen molar-refractivity contribution in [2.24, 2.45) is 0 Å². The number of nitrogens with one attached hydrogen (secondary N) is 1. The molecule has 0 aliphatic rings. The molecule has 0 fully saturated rings. The van der Waals surface area contributed by atoms with E-state index in [0.717, 1.165) is 21.3 Å². The van der Waals surface area contributed by atoms with Crippen LogP contribution >= 0.6 is 22.9 Å². The van der Waals surface area contributed by atoms with Crippen molar-refractivity contribution >= 4 is 44.2 Å². The number of hydrogen-bond acceptors (Lipinski definition) is 4. The first kappa shape index (κ1) is 17.5. The molecule has 0 saturated heterocycles. The van der Waals surface area contributed by atoms with Crippen LogP contribution in [0.5, 0.6) is 5.75 Å². The van der Waals surface area contributed by atoms with Gasteiger partial charge in [-0.15, -0.1) is 0 Å². The predicted molar refractivity (Wildman–Crippen MR) is 111 cm³/mol. The summed E-state index contributed by atoms with van der Waals surface area (Å²) in [5.41, 5.74) is 3.04. The van der Waals surface area contributed by atoms with Gasteiger partial charge >= 0.3 is 0 Å². The molecule has 4 rings (SSSR count). The molecule has 0 aliphatic heterocycles. The molecule has 4 nitrogen and oxygen atoms in total. The number of aromatic nitrogens is 1. The monoisotopic (exact) mass is 394 g/mol. The molecule has 0 bridgehead atoms. The molecule has 0 atom stereocenters. The van der Waals surface area contributed by atoms with Gasteiger partial charge in [-0.25, -0.2) is 4.98 Å². The molecule has 1 amide bonds. The molecule has 27 heavy (non-hydrogen) atoms. The summed E-state index contributed by atoms with van der Waals surface area (Å²) in [6.07, 6.45) is 0. The Morgan fingerprint density at radius 1 is 1.00 bits per heavy atom. The molecular formula is C21H15ClN2O2S. The number of nitrogens with zero attached hydrogens (tertiary/aromatic N) is 1. The lowest BCUT2D eigenvalue weighted by molar-refractivity contribution is -0.118. The Morgan fingerprint density at radius 2 is 1.74 bits per heavy atom. The van der Waals surface area contributed by atoms with E-state index in [2.05, 4.69) is 22.4 Å². The van der Waals surface area contributed by atoms with Crippen LogP contribution in [0.3, 0.4) is 0 Å². The Morgan fingerprint density at radius 3 is 2.52 bits per heavy atom. The van der Waals surface area contributed by atoms with E-state index in [1.54, 1.807) is 6.07 Å². The third-order valence-corrected chi connectivity index (χ3v) is 5.10. The van der Waals surface area contributed by atoms with E-state index < -0.39 is 0 Å². The van der Waals surface area contributed by atoms with Gasteiger partial charge in [0.05, 0.1) is 10.2 Å². The Hall–Kier alpha value is -2.89. The molecule has 0 unspecified atom stereocenters. The molecule has 134 valence electrons. The van der Waals surface area contributed by atoms with Gasteiger partial charge in [0.15, 0.2) is 11.7 Å². The second kappa shape index (κ2) is 7.78. The molecule has 0 aliphatic carbocycles. The van der Waals surface area contributed by atoms with E-state index in [1.165, 1.54) is 11.3 Å². The average Bonchev–Trinajstić information content (AvgIpc) is 3.08. The smallest absolute Gasteiger partial charge is 0.264 e. The number of thiazole rings is 1. The second-order valence-electron chi connectivity index (χ2n) is 5.86. The highest BCUT2D eigenvalue weighted by molar-refractivity contribution is 7.22. The van der Waals surface area contributed by atoms with Crippen LogP contribution in [0.25, 0.3) is 21.3 Å². The van der Waals surface area contributed by atoms with Crippen molar-refractivity contribution in [3.63, 3.8) is 0 Å². The van der Waals surface area contributed by atoms with E-state index in [0.29, 0.717) is 15.9 Å². The molecule has 1 N–H and O–H groups in total. The lowest BCUT2D eigenvalue weighted by Gasteiger charge is -2.07. The number of rotatable bonds is 5. The molecule has 1 heterocycles. The zero-order chi connectivity index (χ0) is 18.6. The minimum atomic E-state index is -0.257. The summed E-state index contributed by atoms with van der Waals surface area (Å²) < 4.78 is 6.49. The number of fused-ring (bicyclic) bond motifs is 1. The van der Waals surface area contributed by atoms with Gasteiger partial charge in [-0.1, -0.05) is 65.4 Å². The maximum Gasteiger partial charge on any atom is 0.264 e. The largest absolute Gasteiger partial charge is 0.484 e. The first-order valence-electron chi connectivity index (χ1n) is 8.32. The second-order valence-corrected chi connectivity index (χ2v) is 7.33. The number of carbonyl (C=O) groups excluding carboxylic acids is 1. The normalized spacial score (nSPS) is 10.7. The SMILES string of the molecule is O=C(COc1ccc(-c2ccccc2)cc1)Nc1nc2ccc(Cl)cc2s1. The fourth-order valence-electron chi connectivity index (χ4n) is 2.63. The van der Waals surface area contributed by atoms with E-state index in [1.807, 2.05) is 54.6 Å². The van der Waals surface area contributed by atoms with Crippen LogP contribution < -0.4 is 10.1 Å². The van der Waals surface area contributed by atoms with E-state index in [9.17, 15) is 4.79 Å². The highest BCUT2D eigenvalue weighted by Gasteiger charge is 2.09. The molecule has 1 aromatic heterocycles. The lowest BCUT2D eigenvalue weighted by Crippen LogP contribution is -2.19. The number of benzene rings is 3. The predicted octanol–water partition coefficient (Wildman–Crippen LogP) is 5.63. The maximum atomic E-state index is 12.1. The van der Waals surface area contributed by atoms with Gasteiger partial charge in [-0.05, 0) is 41.5 Å². The number of ether oxygens (including phenoxy) is 1. The average molecular weight is 395 g/mol. The van der Waals surface area contributed by atoms with Crippen LogP contribution in [0.4, 0.5) is 5.13 Å². The van der Waals surface area contributed by atoms with Gasteiger partial charge in [0.2, 0.25) is 0 Å². The van der Waals surface area contributed by atoms with Crippen LogP contribution in [0.2, 0.25) is 5.02 Å². The minimum Gasteiger partial charge on any atom is -0.484 e. The van der Waals surface area contributed by atoms with Gasteiger partial charge in [0, 0.05) is 5.02 Å². The van der Waals surface area contributed by atoms with E-state index in [-0.39, 0.29) is 12.5 Å². The van der Waals surface area contributed by atoms with E-state index >= 15 is 0 Å². The summed E-state index contributed by atoms with van der Waals surface area (Å²) in [7, 11) is 0.